The van der Waals surface area contributed by atoms with Gasteiger partial charge in [0.1, 0.15) is 5.82 Å². The van der Waals surface area contributed by atoms with Gasteiger partial charge in [-0.05, 0) is 38.1 Å². The monoisotopic (exact) mass is 264 g/mol. The summed E-state index contributed by atoms with van der Waals surface area (Å²) >= 11 is 0. The van der Waals surface area contributed by atoms with Crippen molar-refractivity contribution in [2.24, 2.45) is 0 Å². The van der Waals surface area contributed by atoms with Gasteiger partial charge in [0, 0.05) is 0 Å². The van der Waals surface area contributed by atoms with E-state index in [9.17, 15) is 4.39 Å². The molecule has 2 rings (SSSR count). The van der Waals surface area contributed by atoms with E-state index in [1.165, 1.54) is 6.07 Å². The minimum Gasteiger partial charge on any atom is -0.406 e. The van der Waals surface area contributed by atoms with Gasteiger partial charge in [-0.3, -0.25) is 0 Å². The molecule has 0 aliphatic rings. The van der Waals surface area contributed by atoms with Gasteiger partial charge in [0.05, 0.1) is 11.7 Å². The summed E-state index contributed by atoms with van der Waals surface area (Å²) in [6.07, 6.45) is 0. The topological polar surface area (TPSA) is 63.0 Å². The molecule has 5 nitrogen and oxygen atoms in total. The largest absolute Gasteiger partial charge is 0.406 e. The van der Waals surface area contributed by atoms with Crippen LogP contribution >= 0.6 is 0 Å². The molecule has 1 unspecified atom stereocenters. The highest BCUT2D eigenvalue weighted by Gasteiger charge is 2.13. The molecule has 1 aromatic heterocycles. The molecule has 0 aliphatic carbocycles. The predicted octanol–water partition coefficient (Wildman–Crippen LogP) is 2.93. The van der Waals surface area contributed by atoms with Crippen molar-refractivity contribution in [3.63, 3.8) is 0 Å². The van der Waals surface area contributed by atoms with Crippen LogP contribution in [-0.4, -0.2) is 16.7 Å². The number of hydrogen-bond acceptors (Lipinski definition) is 5. The van der Waals surface area contributed by atoms with Crippen LogP contribution in [-0.2, 0) is 0 Å². The van der Waals surface area contributed by atoms with E-state index in [1.807, 2.05) is 20.8 Å². The number of halogens is 1. The third-order valence-corrected chi connectivity index (χ3v) is 2.68. The Bertz CT molecular complexity index is 555. The number of nitrogens with one attached hydrogen (secondary N) is 2. The fourth-order valence-electron chi connectivity index (χ4n) is 1.70. The van der Waals surface area contributed by atoms with Crippen LogP contribution in [0.2, 0.25) is 0 Å². The number of rotatable bonds is 5. The Kier molecular flexibility index (Phi) is 4.11. The fourth-order valence-corrected chi connectivity index (χ4v) is 1.70. The molecule has 0 saturated carbocycles. The molecule has 2 aromatic rings. The van der Waals surface area contributed by atoms with E-state index in [4.69, 9.17) is 4.42 Å². The smallest absolute Gasteiger partial charge is 0.320 e. The zero-order valence-electron chi connectivity index (χ0n) is 11.2. The SMILES string of the molecule is CCNC(C)c1nnc(Nc2cc(C)ccc2F)o1. The van der Waals surface area contributed by atoms with Crippen LogP contribution in [0.4, 0.5) is 16.1 Å². The van der Waals surface area contributed by atoms with E-state index in [1.54, 1.807) is 12.1 Å². The Hall–Kier alpha value is -1.95. The van der Waals surface area contributed by atoms with Crippen LogP contribution in [0.3, 0.4) is 0 Å². The standard InChI is InChI=1S/C13H17FN4O/c1-4-15-9(3)12-17-18-13(19-12)16-11-7-8(2)5-6-10(11)14/h5-7,9,15H,4H2,1-3H3,(H,16,18). The van der Waals surface area contributed by atoms with Crippen LogP contribution in [0, 0.1) is 12.7 Å². The first-order valence-corrected chi connectivity index (χ1v) is 6.20. The van der Waals surface area contributed by atoms with Gasteiger partial charge >= 0.3 is 6.01 Å². The number of hydrogen-bond donors (Lipinski definition) is 2. The lowest BCUT2D eigenvalue weighted by atomic mass is 10.2. The molecule has 0 radical (unpaired) electrons. The van der Waals surface area contributed by atoms with Crippen molar-refractivity contribution < 1.29 is 8.81 Å². The third kappa shape index (κ3) is 3.29. The normalized spacial score (nSPS) is 12.4. The van der Waals surface area contributed by atoms with Crippen molar-refractivity contribution in [3.05, 3.63) is 35.5 Å². The van der Waals surface area contributed by atoms with Crippen molar-refractivity contribution in [3.8, 4) is 0 Å². The second-order valence-electron chi connectivity index (χ2n) is 4.33. The summed E-state index contributed by atoms with van der Waals surface area (Å²) in [4.78, 5) is 0. The van der Waals surface area contributed by atoms with Crippen LogP contribution in [0.1, 0.15) is 31.3 Å². The second-order valence-corrected chi connectivity index (χ2v) is 4.33. The van der Waals surface area contributed by atoms with E-state index >= 15 is 0 Å². The van der Waals surface area contributed by atoms with Gasteiger partial charge in [-0.15, -0.1) is 5.10 Å². The minimum atomic E-state index is -0.356. The lowest BCUT2D eigenvalue weighted by molar-refractivity contribution is 0.430. The van der Waals surface area contributed by atoms with Gasteiger partial charge in [-0.25, -0.2) is 4.39 Å². The Morgan fingerprint density at radius 2 is 2.16 bits per heavy atom. The molecule has 0 saturated heterocycles. The molecule has 0 fully saturated rings. The summed E-state index contributed by atoms with van der Waals surface area (Å²) in [6.45, 7) is 6.61. The van der Waals surface area contributed by atoms with Crippen LogP contribution in [0.5, 0.6) is 0 Å². The van der Waals surface area contributed by atoms with E-state index in [0.29, 0.717) is 11.6 Å². The highest BCUT2D eigenvalue weighted by molar-refractivity contribution is 5.54. The average molecular weight is 264 g/mol. The molecule has 0 spiro atoms. The maximum absolute atomic E-state index is 13.6. The molecular weight excluding hydrogens is 247 g/mol. The molecule has 1 heterocycles. The average Bonchev–Trinajstić information content (AvgIpc) is 2.83. The molecule has 19 heavy (non-hydrogen) atoms. The van der Waals surface area contributed by atoms with E-state index in [2.05, 4.69) is 20.8 Å². The van der Waals surface area contributed by atoms with Crippen LogP contribution < -0.4 is 10.6 Å². The summed E-state index contributed by atoms with van der Waals surface area (Å²) in [5.74, 6) is 0.113. The van der Waals surface area contributed by atoms with Crippen LogP contribution in [0.25, 0.3) is 0 Å². The quantitative estimate of drug-likeness (QED) is 0.869. The predicted molar refractivity (Wildman–Crippen MR) is 70.8 cm³/mol. The highest BCUT2D eigenvalue weighted by atomic mass is 19.1. The van der Waals surface area contributed by atoms with Crippen molar-refractivity contribution in [2.75, 3.05) is 11.9 Å². The van der Waals surface area contributed by atoms with Crippen LogP contribution in [0.15, 0.2) is 22.6 Å². The van der Waals surface area contributed by atoms with E-state index < -0.39 is 0 Å². The zero-order valence-corrected chi connectivity index (χ0v) is 11.2. The first-order valence-electron chi connectivity index (χ1n) is 6.20. The van der Waals surface area contributed by atoms with E-state index in [-0.39, 0.29) is 17.9 Å². The van der Waals surface area contributed by atoms with E-state index in [0.717, 1.165) is 12.1 Å². The molecule has 1 aromatic carbocycles. The molecule has 6 heteroatoms. The van der Waals surface area contributed by atoms with Crippen molar-refractivity contribution in [1.82, 2.24) is 15.5 Å². The Morgan fingerprint density at radius 3 is 2.89 bits per heavy atom. The molecular formula is C13H17FN4O. The number of benzene rings is 1. The molecule has 0 bridgehead atoms. The summed E-state index contributed by atoms with van der Waals surface area (Å²) in [7, 11) is 0. The summed E-state index contributed by atoms with van der Waals surface area (Å²) in [6, 6.07) is 4.94. The van der Waals surface area contributed by atoms with Gasteiger partial charge in [-0.1, -0.05) is 18.1 Å². The molecule has 0 amide bonds. The second kappa shape index (κ2) is 5.79. The van der Waals surface area contributed by atoms with Crippen molar-refractivity contribution in [2.45, 2.75) is 26.8 Å². The van der Waals surface area contributed by atoms with Gasteiger partial charge in [-0.2, -0.15) is 0 Å². The minimum absolute atomic E-state index is 0.0320. The maximum Gasteiger partial charge on any atom is 0.320 e. The first-order chi connectivity index (χ1) is 9.10. The number of aryl methyl sites for hydroxylation is 1. The highest BCUT2D eigenvalue weighted by Crippen LogP contribution is 2.21. The lowest BCUT2D eigenvalue weighted by Gasteiger charge is -2.06. The van der Waals surface area contributed by atoms with Gasteiger partial charge in [0.15, 0.2) is 0 Å². The van der Waals surface area contributed by atoms with Crippen molar-refractivity contribution in [1.29, 1.82) is 0 Å². The maximum atomic E-state index is 13.6. The fraction of sp³-hybridized carbons (Fsp3) is 0.385. The Labute approximate surface area is 111 Å². The number of aromatic nitrogens is 2. The van der Waals surface area contributed by atoms with Gasteiger partial charge in [0.25, 0.3) is 0 Å². The summed E-state index contributed by atoms with van der Waals surface area (Å²) in [5.41, 5.74) is 1.27. The summed E-state index contributed by atoms with van der Waals surface area (Å²) < 4.78 is 19.0. The molecule has 102 valence electrons. The summed E-state index contributed by atoms with van der Waals surface area (Å²) in [5, 5.41) is 13.7. The van der Waals surface area contributed by atoms with Gasteiger partial charge in [0.2, 0.25) is 5.89 Å². The zero-order chi connectivity index (χ0) is 13.8. The Morgan fingerprint density at radius 1 is 1.37 bits per heavy atom. The Balaban J connectivity index is 2.13. The molecule has 2 N–H and O–H groups in total. The van der Waals surface area contributed by atoms with Crippen molar-refractivity contribution >= 4 is 11.7 Å². The first kappa shape index (κ1) is 13.5. The number of nitrogens with zero attached hydrogens (tertiary/aromatic N) is 2. The lowest BCUT2D eigenvalue weighted by Crippen LogP contribution is -2.17. The molecule has 0 aliphatic heterocycles. The molecule has 1 atom stereocenters. The number of anilines is 2. The third-order valence-electron chi connectivity index (χ3n) is 2.68. The van der Waals surface area contributed by atoms with Gasteiger partial charge < -0.3 is 15.1 Å².